The first kappa shape index (κ1) is 27.7. The van der Waals surface area contributed by atoms with E-state index in [-0.39, 0.29) is 21.4 Å². The topological polar surface area (TPSA) is 157 Å². The molecule has 1 amide bonds. The predicted octanol–water partition coefficient (Wildman–Crippen LogP) is 2.20. The van der Waals surface area contributed by atoms with E-state index in [1.54, 1.807) is 0 Å². The van der Waals surface area contributed by atoms with E-state index in [4.69, 9.17) is 51.3 Å². The number of fused-ring (bicyclic) bond motifs is 1. The average molecular weight is 566 g/mol. The Morgan fingerprint density at radius 3 is 2.22 bits per heavy atom. The Bertz CT molecular complexity index is 1240. The van der Waals surface area contributed by atoms with Crippen molar-refractivity contribution >= 4 is 68.6 Å². The van der Waals surface area contributed by atoms with Crippen molar-refractivity contribution in [2.24, 2.45) is 0 Å². The molecule has 5 atom stereocenters. The lowest BCUT2D eigenvalue weighted by Crippen LogP contribution is -2.67. The quantitative estimate of drug-likeness (QED) is 0.387. The number of halogens is 2. The van der Waals surface area contributed by atoms with Gasteiger partial charge in [-0.2, -0.15) is 0 Å². The Hall–Kier alpha value is -2.87. The van der Waals surface area contributed by atoms with E-state index < -0.39 is 66.0 Å². The molecule has 0 saturated carbocycles. The molecule has 1 saturated heterocycles. The zero-order valence-corrected chi connectivity index (χ0v) is 21.7. The molecule has 0 radical (unpaired) electrons. The number of benzene rings is 1. The van der Waals surface area contributed by atoms with Gasteiger partial charge in [-0.3, -0.25) is 19.2 Å². The number of esters is 3. The fraction of sp³-hybridized carbons (Fsp3) is 0.476. The van der Waals surface area contributed by atoms with E-state index in [0.29, 0.717) is 4.70 Å². The molecule has 1 aliphatic rings. The van der Waals surface area contributed by atoms with E-state index in [2.05, 4.69) is 5.32 Å². The minimum atomic E-state index is -1.42. The summed E-state index contributed by atoms with van der Waals surface area (Å²) in [5, 5.41) is 2.34. The summed E-state index contributed by atoms with van der Waals surface area (Å²) in [6, 6.07) is 0.158. The third-order valence-corrected chi connectivity index (χ3v) is 6.39. The second kappa shape index (κ2) is 11.5. The molecule has 1 N–H and O–H groups in total. The molecule has 0 spiro atoms. The summed E-state index contributed by atoms with van der Waals surface area (Å²) < 4.78 is 33.0. The molecule has 0 bridgehead atoms. The molecule has 12 nitrogen and oxygen atoms in total. The van der Waals surface area contributed by atoms with Crippen LogP contribution in [0.5, 0.6) is 5.75 Å². The Morgan fingerprint density at radius 2 is 1.64 bits per heavy atom. The highest BCUT2D eigenvalue weighted by molar-refractivity contribution is 7.16. The van der Waals surface area contributed by atoms with Crippen molar-refractivity contribution in [1.82, 2.24) is 5.32 Å². The van der Waals surface area contributed by atoms with Gasteiger partial charge < -0.3 is 33.4 Å². The predicted molar refractivity (Wildman–Crippen MR) is 125 cm³/mol. The second-order valence-corrected chi connectivity index (χ2v) is 9.36. The van der Waals surface area contributed by atoms with Gasteiger partial charge in [0.05, 0.1) is 4.70 Å². The maximum absolute atomic E-state index is 12.0. The summed E-state index contributed by atoms with van der Waals surface area (Å²) in [7, 11) is 0. The van der Waals surface area contributed by atoms with Gasteiger partial charge in [-0.1, -0.05) is 34.5 Å². The molecule has 0 unspecified atom stereocenters. The fourth-order valence-corrected chi connectivity index (χ4v) is 4.71. The molecule has 2 aromatic rings. The number of carbonyl (C=O) groups is 4. The zero-order valence-electron chi connectivity index (χ0n) is 19.3. The number of rotatable bonds is 7. The van der Waals surface area contributed by atoms with Crippen LogP contribution in [0.25, 0.3) is 10.3 Å². The Kier molecular flexibility index (Phi) is 8.82. The van der Waals surface area contributed by atoms with Gasteiger partial charge in [0.2, 0.25) is 12.2 Å². The highest BCUT2D eigenvalue weighted by Gasteiger charge is 2.52. The van der Waals surface area contributed by atoms with Crippen molar-refractivity contribution < 1.29 is 47.3 Å². The Balaban J connectivity index is 2.07. The first-order valence-corrected chi connectivity index (χ1v) is 11.9. The summed E-state index contributed by atoms with van der Waals surface area (Å²) in [5.41, 5.74) is 0.0624. The van der Waals surface area contributed by atoms with Crippen molar-refractivity contribution in [2.75, 3.05) is 6.61 Å². The van der Waals surface area contributed by atoms with Crippen LogP contribution in [0, 0.1) is 0 Å². The molecule has 1 fully saturated rings. The molecule has 1 aliphatic heterocycles. The number of hydrogen-bond acceptors (Lipinski definition) is 12. The first-order valence-electron chi connectivity index (χ1n) is 10.4. The van der Waals surface area contributed by atoms with Crippen LogP contribution in [0.15, 0.2) is 15.3 Å². The van der Waals surface area contributed by atoms with Crippen LogP contribution in [0.2, 0.25) is 10.0 Å². The van der Waals surface area contributed by atoms with Gasteiger partial charge in [0.1, 0.15) is 34.5 Å². The van der Waals surface area contributed by atoms with E-state index in [9.17, 15) is 24.0 Å². The smallest absolute Gasteiger partial charge is 0.396 e. The largest absolute Gasteiger partial charge is 0.463 e. The maximum Gasteiger partial charge on any atom is 0.396 e. The molecule has 36 heavy (non-hydrogen) atoms. The normalized spacial score (nSPS) is 23.6. The standard InChI is InChI=1S/C21H21Cl2NO11S/c1-7(25)24-16-19(32-10(4)28)17(31-9(3)27)12(6-30-8(2)26)34-20(16)33-11-5-13-18(15(23)14(11)22)35-21(29)36-13/h5,12,16-17,19-20H,6H2,1-4H3,(H,24,25)/t12-,16-,17+,19-,20-/m0/s1. The SMILES string of the molecule is CC(=O)N[C@@H]1[C@@H](Oc2cc3sc(=O)oc3c(Cl)c2Cl)O[C@@H](COC(C)=O)[C@@H](OC(C)=O)[C@H]1OC(C)=O. The molecule has 1 aromatic carbocycles. The summed E-state index contributed by atoms with van der Waals surface area (Å²) in [4.78, 5) is 58.3. The van der Waals surface area contributed by atoms with Crippen LogP contribution < -0.4 is 15.0 Å². The molecular weight excluding hydrogens is 545 g/mol. The van der Waals surface area contributed by atoms with Crippen LogP contribution in [0.1, 0.15) is 27.7 Å². The third-order valence-electron chi connectivity index (χ3n) is 4.79. The van der Waals surface area contributed by atoms with E-state index in [1.807, 2.05) is 0 Å². The van der Waals surface area contributed by atoms with Gasteiger partial charge in [-0.05, 0) is 0 Å². The van der Waals surface area contributed by atoms with Crippen molar-refractivity contribution in [1.29, 1.82) is 0 Å². The van der Waals surface area contributed by atoms with Gasteiger partial charge in [0.25, 0.3) is 0 Å². The van der Waals surface area contributed by atoms with Crippen LogP contribution in [-0.4, -0.2) is 61.1 Å². The number of amides is 1. The van der Waals surface area contributed by atoms with Crippen molar-refractivity contribution in [3.05, 3.63) is 25.8 Å². The van der Waals surface area contributed by atoms with Crippen LogP contribution >= 0.6 is 34.5 Å². The maximum atomic E-state index is 12.0. The highest BCUT2D eigenvalue weighted by Crippen LogP contribution is 2.41. The zero-order chi connectivity index (χ0) is 26.7. The molecular formula is C21H21Cl2NO11S. The van der Waals surface area contributed by atoms with Crippen LogP contribution in [0.4, 0.5) is 0 Å². The minimum absolute atomic E-state index is 0.0506. The number of ether oxygens (including phenoxy) is 5. The van der Waals surface area contributed by atoms with Crippen LogP contribution in [-0.2, 0) is 38.1 Å². The molecule has 3 rings (SSSR count). The van der Waals surface area contributed by atoms with Crippen LogP contribution in [0.3, 0.4) is 0 Å². The lowest BCUT2D eigenvalue weighted by Gasteiger charge is -2.44. The molecule has 0 aliphatic carbocycles. The molecule has 1 aromatic heterocycles. The Morgan fingerprint density at radius 1 is 1.00 bits per heavy atom. The van der Waals surface area contributed by atoms with Gasteiger partial charge in [-0.25, -0.2) is 4.79 Å². The van der Waals surface area contributed by atoms with Gasteiger partial charge in [-0.15, -0.1) is 0 Å². The van der Waals surface area contributed by atoms with E-state index in [1.165, 1.54) is 13.0 Å². The van der Waals surface area contributed by atoms with Gasteiger partial charge in [0, 0.05) is 33.8 Å². The number of nitrogens with one attached hydrogen (secondary N) is 1. The molecule has 196 valence electrons. The van der Waals surface area contributed by atoms with Gasteiger partial charge in [0.15, 0.2) is 17.8 Å². The van der Waals surface area contributed by atoms with E-state index in [0.717, 1.165) is 32.1 Å². The van der Waals surface area contributed by atoms with Crippen molar-refractivity contribution in [2.45, 2.75) is 58.3 Å². The van der Waals surface area contributed by atoms with E-state index >= 15 is 0 Å². The summed E-state index contributed by atoms with van der Waals surface area (Å²) >= 11 is 13.3. The molecule has 15 heteroatoms. The average Bonchev–Trinajstić information content (AvgIpc) is 3.13. The Labute approximate surface area is 217 Å². The summed E-state index contributed by atoms with van der Waals surface area (Å²) in [6.07, 6.45) is -5.21. The van der Waals surface area contributed by atoms with Crippen molar-refractivity contribution in [3.8, 4) is 5.75 Å². The van der Waals surface area contributed by atoms with Gasteiger partial charge >= 0.3 is 22.8 Å². The first-order chi connectivity index (χ1) is 16.9. The molecule has 2 heterocycles. The fourth-order valence-electron chi connectivity index (χ4n) is 3.53. The summed E-state index contributed by atoms with van der Waals surface area (Å²) in [6.45, 7) is 4.19. The number of hydrogen-bond donors (Lipinski definition) is 1. The monoisotopic (exact) mass is 565 g/mol. The lowest BCUT2D eigenvalue weighted by atomic mass is 9.96. The lowest BCUT2D eigenvalue weighted by molar-refractivity contribution is -0.257. The minimum Gasteiger partial charge on any atom is -0.463 e. The van der Waals surface area contributed by atoms with Crippen molar-refractivity contribution in [3.63, 3.8) is 0 Å². The number of carbonyl (C=O) groups excluding carboxylic acids is 4. The highest BCUT2D eigenvalue weighted by atomic mass is 35.5. The second-order valence-electron chi connectivity index (χ2n) is 7.62. The third kappa shape index (κ3) is 6.46. The summed E-state index contributed by atoms with van der Waals surface area (Å²) in [5.74, 6) is -2.76.